The Bertz CT molecular complexity index is 672. The van der Waals surface area contributed by atoms with Crippen molar-refractivity contribution in [3.8, 4) is 5.75 Å². The summed E-state index contributed by atoms with van der Waals surface area (Å²) in [6.07, 6.45) is 0.791. The lowest BCUT2D eigenvalue weighted by Crippen LogP contribution is -2.33. The van der Waals surface area contributed by atoms with Gasteiger partial charge in [0.15, 0.2) is 6.10 Å². The van der Waals surface area contributed by atoms with Crippen LogP contribution in [0.25, 0.3) is 0 Å². The number of halogens is 2. The molecule has 2 rings (SSSR count). The number of nitrogens with zero attached hydrogens (tertiary/aromatic N) is 1. The molecular weight excluding hydrogens is 323 g/mol. The second-order valence-corrected chi connectivity index (χ2v) is 5.31. The van der Waals surface area contributed by atoms with Gasteiger partial charge >= 0.3 is 0 Å². The summed E-state index contributed by atoms with van der Waals surface area (Å²) in [6, 6.07) is 14.0. The van der Waals surface area contributed by atoms with Gasteiger partial charge in [0, 0.05) is 15.6 Å². The standard InChI is InChI=1S/C16H14Cl2N2O2/c1-11(22-14-8-6-13(17)7-9-14)16(21)20-19-10-12-4-2-3-5-15(12)18/h2-11H,1H3,(H,20,21)/b19-10+/t11-/m1/s1. The Balaban J connectivity index is 1.89. The Hall–Kier alpha value is -2.04. The zero-order chi connectivity index (χ0) is 15.9. The van der Waals surface area contributed by atoms with Crippen LogP contribution in [0.2, 0.25) is 10.0 Å². The van der Waals surface area contributed by atoms with Crippen molar-refractivity contribution in [3.63, 3.8) is 0 Å². The van der Waals surface area contributed by atoms with Crippen molar-refractivity contribution in [2.45, 2.75) is 13.0 Å². The van der Waals surface area contributed by atoms with E-state index < -0.39 is 6.10 Å². The third kappa shape index (κ3) is 4.76. The monoisotopic (exact) mass is 336 g/mol. The average Bonchev–Trinajstić information content (AvgIpc) is 2.51. The fraction of sp³-hybridized carbons (Fsp3) is 0.125. The molecule has 0 aliphatic rings. The van der Waals surface area contributed by atoms with E-state index >= 15 is 0 Å². The Morgan fingerprint density at radius 2 is 1.86 bits per heavy atom. The van der Waals surface area contributed by atoms with Crippen LogP contribution in [0.5, 0.6) is 5.75 Å². The highest BCUT2D eigenvalue weighted by atomic mass is 35.5. The van der Waals surface area contributed by atoms with E-state index in [1.165, 1.54) is 6.21 Å². The van der Waals surface area contributed by atoms with Gasteiger partial charge in [-0.3, -0.25) is 4.79 Å². The van der Waals surface area contributed by atoms with Gasteiger partial charge in [-0.25, -0.2) is 5.43 Å². The molecule has 0 saturated carbocycles. The molecule has 0 fully saturated rings. The molecule has 0 radical (unpaired) electrons. The van der Waals surface area contributed by atoms with Gasteiger partial charge in [0.1, 0.15) is 5.75 Å². The highest BCUT2D eigenvalue weighted by molar-refractivity contribution is 6.33. The summed E-state index contributed by atoms with van der Waals surface area (Å²) in [5.74, 6) is 0.195. The smallest absolute Gasteiger partial charge is 0.280 e. The number of carbonyl (C=O) groups excluding carboxylic acids is 1. The van der Waals surface area contributed by atoms with E-state index in [9.17, 15) is 4.79 Å². The van der Waals surface area contributed by atoms with Crippen LogP contribution in [0.1, 0.15) is 12.5 Å². The molecule has 2 aromatic rings. The molecule has 6 heteroatoms. The number of rotatable bonds is 5. The van der Waals surface area contributed by atoms with Crippen molar-refractivity contribution in [2.24, 2.45) is 5.10 Å². The molecule has 2 aromatic carbocycles. The zero-order valence-electron chi connectivity index (χ0n) is 11.8. The van der Waals surface area contributed by atoms with Crippen LogP contribution in [0.4, 0.5) is 0 Å². The normalized spacial score (nSPS) is 12.1. The van der Waals surface area contributed by atoms with Crippen molar-refractivity contribution >= 4 is 35.3 Å². The number of benzene rings is 2. The van der Waals surface area contributed by atoms with Crippen LogP contribution >= 0.6 is 23.2 Å². The van der Waals surface area contributed by atoms with Gasteiger partial charge in [-0.2, -0.15) is 5.10 Å². The topological polar surface area (TPSA) is 50.7 Å². The van der Waals surface area contributed by atoms with Gasteiger partial charge in [0.2, 0.25) is 0 Å². The summed E-state index contributed by atoms with van der Waals surface area (Å²) in [5, 5.41) is 5.04. The lowest BCUT2D eigenvalue weighted by molar-refractivity contribution is -0.127. The Morgan fingerprint density at radius 1 is 1.18 bits per heavy atom. The van der Waals surface area contributed by atoms with Gasteiger partial charge in [-0.1, -0.05) is 41.4 Å². The number of carbonyl (C=O) groups is 1. The van der Waals surface area contributed by atoms with Crippen LogP contribution < -0.4 is 10.2 Å². The molecule has 0 bridgehead atoms. The Labute approximate surface area is 138 Å². The lowest BCUT2D eigenvalue weighted by atomic mass is 10.2. The maximum Gasteiger partial charge on any atom is 0.280 e. The minimum absolute atomic E-state index is 0.363. The van der Waals surface area contributed by atoms with Gasteiger partial charge in [0.25, 0.3) is 5.91 Å². The van der Waals surface area contributed by atoms with E-state index in [1.54, 1.807) is 43.3 Å². The number of hydrazone groups is 1. The summed E-state index contributed by atoms with van der Waals surface area (Å²) in [7, 11) is 0. The van der Waals surface area contributed by atoms with Crippen molar-refractivity contribution in [1.29, 1.82) is 0 Å². The molecule has 114 valence electrons. The predicted octanol–water partition coefficient (Wildman–Crippen LogP) is 3.91. The number of ether oxygens (including phenoxy) is 1. The number of amides is 1. The Kier molecular flexibility index (Phi) is 5.81. The van der Waals surface area contributed by atoms with Gasteiger partial charge < -0.3 is 4.74 Å². The quantitative estimate of drug-likeness (QED) is 0.664. The molecule has 1 amide bonds. The van der Waals surface area contributed by atoms with Crippen molar-refractivity contribution in [1.82, 2.24) is 5.43 Å². The number of nitrogens with one attached hydrogen (secondary N) is 1. The highest BCUT2D eigenvalue weighted by Gasteiger charge is 2.13. The lowest BCUT2D eigenvalue weighted by Gasteiger charge is -2.12. The van der Waals surface area contributed by atoms with E-state index in [4.69, 9.17) is 27.9 Å². The van der Waals surface area contributed by atoms with E-state index in [-0.39, 0.29) is 5.91 Å². The van der Waals surface area contributed by atoms with Crippen molar-refractivity contribution < 1.29 is 9.53 Å². The first-order valence-electron chi connectivity index (χ1n) is 6.56. The van der Waals surface area contributed by atoms with Crippen molar-refractivity contribution in [3.05, 3.63) is 64.1 Å². The SMILES string of the molecule is C[C@@H](Oc1ccc(Cl)cc1)C(=O)N/N=C/c1ccccc1Cl. The first kappa shape index (κ1) is 16.3. The minimum Gasteiger partial charge on any atom is -0.481 e. The summed E-state index contributed by atoms with van der Waals surface area (Å²) in [5.41, 5.74) is 3.13. The van der Waals surface area contributed by atoms with Crippen LogP contribution in [0.15, 0.2) is 53.6 Å². The maximum absolute atomic E-state index is 11.9. The van der Waals surface area contributed by atoms with Crippen LogP contribution in [0.3, 0.4) is 0 Å². The second kappa shape index (κ2) is 7.82. The molecule has 22 heavy (non-hydrogen) atoms. The number of hydrogen-bond acceptors (Lipinski definition) is 3. The third-order valence-electron chi connectivity index (χ3n) is 2.78. The molecule has 1 N–H and O–H groups in total. The van der Waals surface area contributed by atoms with Crippen LogP contribution in [0, 0.1) is 0 Å². The predicted molar refractivity (Wildman–Crippen MR) is 88.7 cm³/mol. The molecule has 0 aromatic heterocycles. The molecule has 0 saturated heterocycles. The van der Waals surface area contributed by atoms with Gasteiger partial charge in [-0.05, 0) is 37.3 Å². The number of hydrogen-bond donors (Lipinski definition) is 1. The molecule has 0 aliphatic carbocycles. The molecule has 1 atom stereocenters. The van der Waals surface area contributed by atoms with Crippen LogP contribution in [-0.2, 0) is 4.79 Å². The highest BCUT2D eigenvalue weighted by Crippen LogP contribution is 2.16. The Morgan fingerprint density at radius 3 is 2.55 bits per heavy atom. The summed E-state index contributed by atoms with van der Waals surface area (Å²) >= 11 is 11.8. The maximum atomic E-state index is 11.9. The molecule has 0 spiro atoms. The van der Waals surface area contributed by atoms with Gasteiger partial charge in [0.05, 0.1) is 6.21 Å². The fourth-order valence-electron chi connectivity index (χ4n) is 1.61. The molecule has 0 aliphatic heterocycles. The molecule has 0 unspecified atom stereocenters. The summed E-state index contributed by atoms with van der Waals surface area (Å²) in [6.45, 7) is 1.63. The molecule has 4 nitrogen and oxygen atoms in total. The largest absolute Gasteiger partial charge is 0.481 e. The van der Waals surface area contributed by atoms with Crippen LogP contribution in [-0.4, -0.2) is 18.2 Å². The molecule has 0 heterocycles. The fourth-order valence-corrected chi connectivity index (χ4v) is 1.92. The molecular formula is C16H14Cl2N2O2. The van der Waals surface area contributed by atoms with Crippen molar-refractivity contribution in [2.75, 3.05) is 0 Å². The van der Waals surface area contributed by atoms with E-state index in [1.807, 2.05) is 12.1 Å². The first-order valence-corrected chi connectivity index (χ1v) is 7.31. The average molecular weight is 337 g/mol. The zero-order valence-corrected chi connectivity index (χ0v) is 13.3. The van der Waals surface area contributed by atoms with Gasteiger partial charge in [-0.15, -0.1) is 0 Å². The van der Waals surface area contributed by atoms with E-state index in [2.05, 4.69) is 10.5 Å². The third-order valence-corrected chi connectivity index (χ3v) is 3.38. The van der Waals surface area contributed by atoms with E-state index in [0.29, 0.717) is 15.8 Å². The summed E-state index contributed by atoms with van der Waals surface area (Å²) < 4.78 is 5.49. The summed E-state index contributed by atoms with van der Waals surface area (Å²) in [4.78, 5) is 11.9. The minimum atomic E-state index is -0.690. The first-order chi connectivity index (χ1) is 10.6. The second-order valence-electron chi connectivity index (χ2n) is 4.47. The van der Waals surface area contributed by atoms with E-state index in [0.717, 1.165) is 5.56 Å².